The molecular weight excluding hydrogens is 728 g/mol. The average Bonchev–Trinajstić information content (AvgIpc) is 4.02. The van der Waals surface area contributed by atoms with Crippen molar-refractivity contribution < 1.29 is 37.4 Å². The molecule has 3 fully saturated rings. The van der Waals surface area contributed by atoms with E-state index in [2.05, 4.69) is 41.2 Å². The van der Waals surface area contributed by atoms with Gasteiger partial charge in [0.2, 0.25) is 11.8 Å². The van der Waals surface area contributed by atoms with E-state index in [1.807, 2.05) is 13.8 Å². The van der Waals surface area contributed by atoms with Crippen LogP contribution in [0.25, 0.3) is 11.3 Å². The number of amides is 4. The van der Waals surface area contributed by atoms with Gasteiger partial charge in [0.15, 0.2) is 0 Å². The second kappa shape index (κ2) is 17.4. The topological polar surface area (TPSA) is 178 Å². The molecule has 0 unspecified atom stereocenters. The first kappa shape index (κ1) is 40.0. The molecule has 4 atom stereocenters. The first-order chi connectivity index (χ1) is 26.9. The minimum absolute atomic E-state index is 0.0225. The van der Waals surface area contributed by atoms with E-state index in [9.17, 15) is 19.2 Å². The van der Waals surface area contributed by atoms with E-state index in [1.165, 1.54) is 32.5 Å². The molecule has 56 heavy (non-hydrogen) atoms. The molecule has 3 aliphatic rings. The number of terminal acetylenes is 1. The number of piperidine rings is 1. The molecular formula is C39H49F2N9O6. The number of benzene rings is 1. The van der Waals surface area contributed by atoms with Gasteiger partial charge in [-0.3, -0.25) is 9.59 Å². The number of alkyl carbamates (subject to hydrolysis) is 2. The monoisotopic (exact) mass is 777 g/mol. The molecule has 5 heterocycles. The van der Waals surface area contributed by atoms with E-state index in [-0.39, 0.29) is 53.4 Å². The van der Waals surface area contributed by atoms with Crippen LogP contribution in [0.2, 0.25) is 0 Å². The fourth-order valence-corrected chi connectivity index (χ4v) is 8.05. The van der Waals surface area contributed by atoms with Gasteiger partial charge in [0.25, 0.3) is 0 Å². The van der Waals surface area contributed by atoms with Gasteiger partial charge in [0.05, 0.1) is 38.2 Å². The number of aromatic amines is 2. The van der Waals surface area contributed by atoms with Crippen LogP contribution < -0.4 is 15.5 Å². The van der Waals surface area contributed by atoms with Crippen LogP contribution in [0.4, 0.5) is 24.1 Å². The summed E-state index contributed by atoms with van der Waals surface area (Å²) < 4.78 is 40.9. The Kier molecular flexibility index (Phi) is 12.5. The zero-order valence-electron chi connectivity index (χ0n) is 32.1. The predicted octanol–water partition coefficient (Wildman–Crippen LogP) is 4.92. The van der Waals surface area contributed by atoms with Crippen LogP contribution in [0, 0.1) is 29.9 Å². The Morgan fingerprint density at radius 2 is 1.43 bits per heavy atom. The third kappa shape index (κ3) is 8.43. The Bertz CT molecular complexity index is 1930. The molecule has 0 bridgehead atoms. The average molecular weight is 778 g/mol. The van der Waals surface area contributed by atoms with Gasteiger partial charge in [-0.2, -0.15) is 0 Å². The number of anilines is 1. The summed E-state index contributed by atoms with van der Waals surface area (Å²) in [7, 11) is 2.46. The van der Waals surface area contributed by atoms with E-state index in [0.29, 0.717) is 69.2 Å². The summed E-state index contributed by atoms with van der Waals surface area (Å²) in [5.74, 6) is 1.52. The number of methoxy groups -OCH3 is 2. The molecule has 15 nitrogen and oxygen atoms in total. The van der Waals surface area contributed by atoms with Gasteiger partial charge in [-0.05, 0) is 56.6 Å². The quantitative estimate of drug-likeness (QED) is 0.197. The molecule has 2 aromatic heterocycles. The van der Waals surface area contributed by atoms with Crippen molar-refractivity contribution in [1.29, 1.82) is 0 Å². The molecule has 3 aromatic rings. The highest BCUT2D eigenvalue weighted by Crippen LogP contribution is 2.38. The van der Waals surface area contributed by atoms with Crippen molar-refractivity contribution in [2.45, 2.75) is 88.9 Å². The van der Waals surface area contributed by atoms with E-state index >= 15 is 8.78 Å². The second-order valence-electron chi connectivity index (χ2n) is 14.8. The third-order valence-corrected chi connectivity index (χ3v) is 11.0. The summed E-state index contributed by atoms with van der Waals surface area (Å²) in [6.45, 7) is 5.47. The highest BCUT2D eigenvalue weighted by Gasteiger charge is 2.39. The maximum absolute atomic E-state index is 15.7. The van der Waals surface area contributed by atoms with E-state index < -0.39 is 35.9 Å². The zero-order chi connectivity index (χ0) is 40.1. The number of nitrogens with zero attached hydrogens (tertiary/aromatic N) is 5. The first-order valence-corrected chi connectivity index (χ1v) is 19.0. The van der Waals surface area contributed by atoms with Crippen molar-refractivity contribution in [3.8, 4) is 23.6 Å². The molecule has 3 saturated heterocycles. The molecule has 17 heteroatoms. The van der Waals surface area contributed by atoms with Crippen LogP contribution in [0.15, 0.2) is 24.5 Å². The standard InChI is InChI=1S/C39H49F2N9O6/c1-6-9-27(46-38(53)55-4)36(51)49-14-7-10-30(49)34-42-20-28(44-34)23-12-16-48(17-13-23)33-25(40)18-24(19-26(33)41)29-21-43-35(45-29)31-11-8-15-50(31)37(52)32(22(2)3)47-39(54)56-5/h1,18-23,27,30-32H,7-17H2,2-5H3,(H,42,44)(H,43,45)(H,46,53)(H,47,54)/t27-,30-,31-,32-/m0/s1. The summed E-state index contributed by atoms with van der Waals surface area (Å²) in [6.07, 6.45) is 11.4. The Labute approximate surface area is 324 Å². The zero-order valence-corrected chi connectivity index (χ0v) is 32.1. The van der Waals surface area contributed by atoms with Crippen LogP contribution in [-0.2, 0) is 19.1 Å². The van der Waals surface area contributed by atoms with E-state index in [0.717, 1.165) is 18.5 Å². The van der Waals surface area contributed by atoms with Crippen molar-refractivity contribution in [2.75, 3.05) is 45.3 Å². The SMILES string of the molecule is C#CC[C@H](NC(=O)OC)C(=O)N1CCC[C@H]1c1ncc(C2CCN(c3c(F)cc(-c4cnc([C@@H]5CCCN5C(=O)[C@@H](NC(=O)OC)C(C)C)[nH]4)cc3F)CC2)[nH]1. The van der Waals surface area contributed by atoms with Gasteiger partial charge < -0.3 is 44.8 Å². The molecule has 6 rings (SSSR count). The van der Waals surface area contributed by atoms with Crippen molar-refractivity contribution in [3.63, 3.8) is 0 Å². The van der Waals surface area contributed by atoms with Gasteiger partial charge in [-0.1, -0.05) is 13.8 Å². The minimum atomic E-state index is -0.916. The van der Waals surface area contributed by atoms with Crippen molar-refractivity contribution in [2.24, 2.45) is 5.92 Å². The number of nitrogens with one attached hydrogen (secondary N) is 4. The lowest BCUT2D eigenvalue weighted by Gasteiger charge is -2.33. The number of halogens is 2. The number of hydrogen-bond donors (Lipinski definition) is 4. The summed E-state index contributed by atoms with van der Waals surface area (Å²) in [5, 5.41) is 5.15. The molecule has 1 aromatic carbocycles. The first-order valence-electron chi connectivity index (χ1n) is 19.0. The highest BCUT2D eigenvalue weighted by atomic mass is 19.1. The Hall–Kier alpha value is -5.66. The van der Waals surface area contributed by atoms with Crippen molar-refractivity contribution in [1.82, 2.24) is 40.4 Å². The molecule has 0 spiro atoms. The number of likely N-dealkylation sites (tertiary alicyclic amines) is 2. The number of rotatable bonds is 11. The lowest BCUT2D eigenvalue weighted by atomic mass is 9.93. The number of imidazole rings is 2. The normalized spacial score (nSPS) is 19.8. The van der Waals surface area contributed by atoms with Gasteiger partial charge in [0.1, 0.15) is 41.1 Å². The number of carbonyl (C=O) groups excluding carboxylic acids is 4. The lowest BCUT2D eigenvalue weighted by Crippen LogP contribution is -2.51. The number of aromatic nitrogens is 4. The van der Waals surface area contributed by atoms with E-state index in [4.69, 9.17) is 11.2 Å². The van der Waals surface area contributed by atoms with Crippen LogP contribution >= 0.6 is 0 Å². The molecule has 3 aliphatic heterocycles. The van der Waals surface area contributed by atoms with Crippen LogP contribution in [0.3, 0.4) is 0 Å². The number of hydrogen-bond acceptors (Lipinski definition) is 9. The molecule has 4 N–H and O–H groups in total. The lowest BCUT2D eigenvalue weighted by molar-refractivity contribution is -0.135. The van der Waals surface area contributed by atoms with Gasteiger partial charge in [0, 0.05) is 56.0 Å². The largest absolute Gasteiger partial charge is 0.453 e. The molecule has 4 amide bonds. The van der Waals surface area contributed by atoms with Crippen LogP contribution in [0.1, 0.15) is 94.1 Å². The molecule has 0 aliphatic carbocycles. The van der Waals surface area contributed by atoms with Gasteiger partial charge >= 0.3 is 12.2 Å². The van der Waals surface area contributed by atoms with Crippen LogP contribution in [-0.4, -0.2) is 106 Å². The summed E-state index contributed by atoms with van der Waals surface area (Å²) in [6, 6.07) is 0.182. The summed E-state index contributed by atoms with van der Waals surface area (Å²) in [5.41, 5.74) is 1.50. The molecule has 300 valence electrons. The summed E-state index contributed by atoms with van der Waals surface area (Å²) in [4.78, 5) is 71.4. The minimum Gasteiger partial charge on any atom is -0.453 e. The summed E-state index contributed by atoms with van der Waals surface area (Å²) >= 11 is 0. The fourth-order valence-electron chi connectivity index (χ4n) is 8.05. The van der Waals surface area contributed by atoms with Crippen molar-refractivity contribution in [3.05, 3.63) is 53.5 Å². The smallest absolute Gasteiger partial charge is 0.407 e. The van der Waals surface area contributed by atoms with Crippen molar-refractivity contribution >= 4 is 29.7 Å². The second-order valence-corrected chi connectivity index (χ2v) is 14.8. The van der Waals surface area contributed by atoms with E-state index in [1.54, 1.807) is 20.9 Å². The highest BCUT2D eigenvalue weighted by molar-refractivity contribution is 5.87. The Morgan fingerprint density at radius 3 is 2.02 bits per heavy atom. The third-order valence-electron chi connectivity index (χ3n) is 11.0. The number of carbonyl (C=O) groups is 4. The Morgan fingerprint density at radius 1 is 0.857 bits per heavy atom. The number of ether oxygens (including phenoxy) is 2. The Balaban J connectivity index is 1.09. The van der Waals surface area contributed by atoms with Crippen LogP contribution in [0.5, 0.6) is 0 Å². The molecule has 0 saturated carbocycles. The maximum Gasteiger partial charge on any atom is 0.407 e. The predicted molar refractivity (Wildman–Crippen MR) is 201 cm³/mol. The maximum atomic E-state index is 15.7. The molecule has 0 radical (unpaired) electrons. The van der Waals surface area contributed by atoms with Gasteiger partial charge in [-0.25, -0.2) is 28.3 Å². The number of H-pyrrole nitrogens is 2. The van der Waals surface area contributed by atoms with Gasteiger partial charge in [-0.15, -0.1) is 12.3 Å². The fraction of sp³-hybridized carbons (Fsp3) is 0.538.